The molecule has 2 amide bonds. The first kappa shape index (κ1) is 17.7. The van der Waals surface area contributed by atoms with E-state index in [1.165, 1.54) is 0 Å². The van der Waals surface area contributed by atoms with E-state index in [0.717, 1.165) is 24.2 Å². The van der Waals surface area contributed by atoms with Crippen LogP contribution in [0.2, 0.25) is 0 Å². The lowest BCUT2D eigenvalue weighted by atomic mass is 10.00. The van der Waals surface area contributed by atoms with E-state index in [2.05, 4.69) is 15.4 Å². The SMILES string of the molecule is O=C(NCc1ccccn1)c1cc2n(n1)CCN(C(=O)C1(O)CCCC1)C2. The zero-order chi connectivity index (χ0) is 18.9. The van der Waals surface area contributed by atoms with E-state index >= 15 is 0 Å². The summed E-state index contributed by atoms with van der Waals surface area (Å²) in [5.41, 5.74) is 0.691. The summed E-state index contributed by atoms with van der Waals surface area (Å²) in [6.45, 7) is 1.71. The number of hydrogen-bond donors (Lipinski definition) is 2. The van der Waals surface area contributed by atoms with E-state index < -0.39 is 5.60 Å². The molecule has 3 heterocycles. The summed E-state index contributed by atoms with van der Waals surface area (Å²) >= 11 is 0. The highest BCUT2D eigenvalue weighted by Gasteiger charge is 2.42. The molecule has 142 valence electrons. The van der Waals surface area contributed by atoms with Crippen LogP contribution in [0.4, 0.5) is 0 Å². The van der Waals surface area contributed by atoms with Crippen molar-refractivity contribution in [3.05, 3.63) is 47.5 Å². The number of amides is 2. The van der Waals surface area contributed by atoms with E-state index in [4.69, 9.17) is 0 Å². The maximum Gasteiger partial charge on any atom is 0.272 e. The van der Waals surface area contributed by atoms with Gasteiger partial charge in [0.25, 0.3) is 11.8 Å². The van der Waals surface area contributed by atoms with Crippen LogP contribution in [0.5, 0.6) is 0 Å². The maximum absolute atomic E-state index is 12.7. The number of hydrogen-bond acceptors (Lipinski definition) is 5. The fraction of sp³-hybridized carbons (Fsp3) is 0.474. The van der Waals surface area contributed by atoms with Gasteiger partial charge >= 0.3 is 0 Å². The van der Waals surface area contributed by atoms with E-state index in [9.17, 15) is 14.7 Å². The number of aliphatic hydroxyl groups is 1. The van der Waals surface area contributed by atoms with E-state index in [-0.39, 0.29) is 11.8 Å². The summed E-state index contributed by atoms with van der Waals surface area (Å²) in [5, 5.41) is 17.7. The van der Waals surface area contributed by atoms with Crippen LogP contribution in [0, 0.1) is 0 Å². The molecular formula is C19H23N5O3. The largest absolute Gasteiger partial charge is 0.380 e. The highest BCUT2D eigenvalue weighted by Crippen LogP contribution is 2.32. The summed E-state index contributed by atoms with van der Waals surface area (Å²) in [7, 11) is 0. The normalized spacial score (nSPS) is 18.2. The Morgan fingerprint density at radius 2 is 2.04 bits per heavy atom. The predicted molar refractivity (Wildman–Crippen MR) is 96.5 cm³/mol. The third kappa shape index (κ3) is 3.57. The van der Waals surface area contributed by atoms with Crippen molar-refractivity contribution in [3.8, 4) is 0 Å². The fourth-order valence-corrected chi connectivity index (χ4v) is 3.78. The Bertz CT molecular complexity index is 842. The molecule has 1 saturated carbocycles. The summed E-state index contributed by atoms with van der Waals surface area (Å²) in [4.78, 5) is 30.9. The molecule has 1 aliphatic heterocycles. The number of pyridine rings is 1. The van der Waals surface area contributed by atoms with Crippen molar-refractivity contribution in [2.24, 2.45) is 0 Å². The minimum atomic E-state index is -1.22. The Morgan fingerprint density at radius 3 is 2.78 bits per heavy atom. The molecule has 0 unspecified atom stereocenters. The Labute approximate surface area is 157 Å². The van der Waals surface area contributed by atoms with Crippen molar-refractivity contribution >= 4 is 11.8 Å². The molecule has 0 aromatic carbocycles. The first-order valence-corrected chi connectivity index (χ1v) is 9.32. The summed E-state index contributed by atoms with van der Waals surface area (Å²) < 4.78 is 1.76. The molecule has 2 N–H and O–H groups in total. The van der Waals surface area contributed by atoms with Crippen LogP contribution in [0.3, 0.4) is 0 Å². The monoisotopic (exact) mass is 369 g/mol. The Balaban J connectivity index is 1.41. The first-order chi connectivity index (χ1) is 13.0. The molecule has 1 aliphatic carbocycles. The Hall–Kier alpha value is -2.74. The number of nitrogens with one attached hydrogen (secondary N) is 1. The second-order valence-electron chi connectivity index (χ2n) is 7.21. The van der Waals surface area contributed by atoms with Crippen LogP contribution in [-0.4, -0.2) is 48.7 Å². The first-order valence-electron chi connectivity index (χ1n) is 9.32. The van der Waals surface area contributed by atoms with Crippen LogP contribution < -0.4 is 5.32 Å². The lowest BCUT2D eigenvalue weighted by Gasteiger charge is -2.33. The Morgan fingerprint density at radius 1 is 1.22 bits per heavy atom. The van der Waals surface area contributed by atoms with Gasteiger partial charge in [0.2, 0.25) is 0 Å². The van der Waals surface area contributed by atoms with Crippen molar-refractivity contribution in [1.82, 2.24) is 25.0 Å². The van der Waals surface area contributed by atoms with Crippen molar-refractivity contribution in [3.63, 3.8) is 0 Å². The van der Waals surface area contributed by atoms with Gasteiger partial charge in [0.15, 0.2) is 5.69 Å². The van der Waals surface area contributed by atoms with Crippen LogP contribution in [0.1, 0.15) is 47.6 Å². The summed E-state index contributed by atoms with van der Waals surface area (Å²) in [6.07, 6.45) is 4.51. The highest BCUT2D eigenvalue weighted by molar-refractivity contribution is 5.92. The van der Waals surface area contributed by atoms with E-state index in [1.54, 1.807) is 21.8 Å². The quantitative estimate of drug-likeness (QED) is 0.832. The lowest BCUT2D eigenvalue weighted by Crippen LogP contribution is -2.49. The molecule has 0 spiro atoms. The second-order valence-corrected chi connectivity index (χ2v) is 7.21. The molecule has 4 rings (SSSR count). The van der Waals surface area contributed by atoms with Gasteiger partial charge in [-0.15, -0.1) is 0 Å². The molecule has 1 fully saturated rings. The molecule has 8 heteroatoms. The van der Waals surface area contributed by atoms with E-state index in [1.807, 2.05) is 18.2 Å². The predicted octanol–water partition coefficient (Wildman–Crippen LogP) is 0.855. The van der Waals surface area contributed by atoms with Crippen LogP contribution in [0.15, 0.2) is 30.5 Å². The molecule has 2 aromatic rings. The van der Waals surface area contributed by atoms with Crippen molar-refractivity contribution in [1.29, 1.82) is 0 Å². The molecule has 0 radical (unpaired) electrons. The van der Waals surface area contributed by atoms with Gasteiger partial charge in [-0.1, -0.05) is 6.07 Å². The van der Waals surface area contributed by atoms with Crippen LogP contribution in [0.25, 0.3) is 0 Å². The van der Waals surface area contributed by atoms with Gasteiger partial charge in [0.1, 0.15) is 5.60 Å². The van der Waals surface area contributed by atoms with Gasteiger partial charge in [-0.2, -0.15) is 5.10 Å². The van der Waals surface area contributed by atoms with Gasteiger partial charge in [-0.05, 0) is 43.9 Å². The van der Waals surface area contributed by atoms with Crippen LogP contribution >= 0.6 is 0 Å². The minimum absolute atomic E-state index is 0.200. The van der Waals surface area contributed by atoms with Gasteiger partial charge in [-0.3, -0.25) is 19.3 Å². The van der Waals surface area contributed by atoms with Crippen molar-refractivity contribution in [2.45, 2.75) is 50.9 Å². The average Bonchev–Trinajstić information content (AvgIpc) is 3.32. The molecule has 8 nitrogen and oxygen atoms in total. The zero-order valence-electron chi connectivity index (χ0n) is 15.1. The number of fused-ring (bicyclic) bond motifs is 1. The standard InChI is InChI=1S/C19H23N5O3/c25-17(21-12-14-5-1-4-8-20-14)16-11-15-13-23(9-10-24(15)22-16)18(26)19(27)6-2-3-7-19/h1,4-5,8,11,27H,2-3,6-7,9-10,12-13H2,(H,21,25). The van der Waals surface area contributed by atoms with Crippen molar-refractivity contribution in [2.75, 3.05) is 6.54 Å². The van der Waals surface area contributed by atoms with Gasteiger partial charge in [-0.25, -0.2) is 0 Å². The lowest BCUT2D eigenvalue weighted by molar-refractivity contribution is -0.152. The maximum atomic E-state index is 12.7. The summed E-state index contributed by atoms with van der Waals surface area (Å²) in [5.74, 6) is -0.469. The number of aromatic nitrogens is 3. The van der Waals surface area contributed by atoms with Crippen LogP contribution in [-0.2, 0) is 24.4 Å². The van der Waals surface area contributed by atoms with Crippen molar-refractivity contribution < 1.29 is 14.7 Å². The average molecular weight is 369 g/mol. The van der Waals surface area contributed by atoms with Gasteiger partial charge in [0.05, 0.1) is 31.0 Å². The number of rotatable bonds is 4. The fourth-order valence-electron chi connectivity index (χ4n) is 3.78. The molecule has 0 bridgehead atoms. The summed E-state index contributed by atoms with van der Waals surface area (Å²) in [6, 6.07) is 7.25. The minimum Gasteiger partial charge on any atom is -0.380 e. The highest BCUT2D eigenvalue weighted by atomic mass is 16.3. The van der Waals surface area contributed by atoms with E-state index in [0.29, 0.717) is 44.7 Å². The topological polar surface area (TPSA) is 100 Å². The second kappa shape index (κ2) is 7.11. The number of nitrogens with zero attached hydrogens (tertiary/aromatic N) is 4. The molecule has 2 aliphatic rings. The number of carbonyl (C=O) groups is 2. The third-order valence-electron chi connectivity index (χ3n) is 5.30. The molecule has 2 aromatic heterocycles. The molecular weight excluding hydrogens is 346 g/mol. The molecule has 27 heavy (non-hydrogen) atoms. The molecule has 0 saturated heterocycles. The Kier molecular flexibility index (Phi) is 4.65. The molecule has 0 atom stereocenters. The van der Waals surface area contributed by atoms with Gasteiger partial charge in [0, 0.05) is 12.7 Å². The third-order valence-corrected chi connectivity index (χ3v) is 5.30. The van der Waals surface area contributed by atoms with Gasteiger partial charge < -0.3 is 15.3 Å². The zero-order valence-corrected chi connectivity index (χ0v) is 15.1. The smallest absolute Gasteiger partial charge is 0.272 e. The number of carbonyl (C=O) groups excluding carboxylic acids is 2.